The van der Waals surface area contributed by atoms with Crippen molar-refractivity contribution in [3.05, 3.63) is 69.9 Å². The van der Waals surface area contributed by atoms with Crippen LogP contribution in [0.3, 0.4) is 0 Å². The average Bonchev–Trinajstić information content (AvgIpc) is 3.19. The SMILES string of the molecule is C=Cc1ccsc1C=C1Oc2ccc(O)c(OC)c2-c2ccc3c(c21)C(C)=CC(C)(C)N3. The first-order chi connectivity index (χ1) is 15.3. The number of aromatic hydroxyl groups is 1. The van der Waals surface area contributed by atoms with E-state index in [4.69, 9.17) is 9.47 Å². The first kappa shape index (κ1) is 20.5. The number of benzene rings is 2. The van der Waals surface area contributed by atoms with Crippen LogP contribution in [0.1, 0.15) is 42.3 Å². The number of phenols is 1. The molecule has 1 aromatic heterocycles. The van der Waals surface area contributed by atoms with Gasteiger partial charge in [-0.2, -0.15) is 0 Å². The lowest BCUT2D eigenvalue weighted by Gasteiger charge is -2.35. The van der Waals surface area contributed by atoms with Gasteiger partial charge in [-0.3, -0.25) is 0 Å². The predicted molar refractivity (Wildman–Crippen MR) is 134 cm³/mol. The largest absolute Gasteiger partial charge is 0.504 e. The van der Waals surface area contributed by atoms with Crippen LogP contribution >= 0.6 is 11.3 Å². The van der Waals surface area contributed by atoms with Gasteiger partial charge in [0, 0.05) is 27.3 Å². The van der Waals surface area contributed by atoms with E-state index in [1.165, 1.54) is 5.57 Å². The number of ether oxygens (including phenoxy) is 2. The Labute approximate surface area is 192 Å². The van der Waals surface area contributed by atoms with Gasteiger partial charge in [-0.15, -0.1) is 11.3 Å². The lowest BCUT2D eigenvalue weighted by Crippen LogP contribution is -2.32. The molecule has 2 aromatic carbocycles. The highest BCUT2D eigenvalue weighted by molar-refractivity contribution is 7.11. The summed E-state index contributed by atoms with van der Waals surface area (Å²) in [6.07, 6.45) is 6.18. The van der Waals surface area contributed by atoms with E-state index in [-0.39, 0.29) is 11.3 Å². The number of hydrogen-bond acceptors (Lipinski definition) is 5. The number of phenolic OH excluding ortho intramolecular Hbond substituents is 1. The van der Waals surface area contributed by atoms with Gasteiger partial charge in [0.05, 0.1) is 18.2 Å². The van der Waals surface area contributed by atoms with Crippen molar-refractivity contribution in [1.29, 1.82) is 0 Å². The minimum absolute atomic E-state index is 0.0877. The lowest BCUT2D eigenvalue weighted by atomic mass is 9.83. The van der Waals surface area contributed by atoms with E-state index in [1.54, 1.807) is 30.6 Å². The molecule has 0 atom stereocenters. The van der Waals surface area contributed by atoms with E-state index >= 15 is 0 Å². The van der Waals surface area contributed by atoms with Gasteiger partial charge in [-0.1, -0.05) is 24.8 Å². The minimum Gasteiger partial charge on any atom is -0.504 e. The molecule has 0 spiro atoms. The monoisotopic (exact) mass is 443 g/mol. The van der Waals surface area contributed by atoms with Crippen LogP contribution in [0.15, 0.2) is 48.4 Å². The quantitative estimate of drug-likeness (QED) is 0.447. The van der Waals surface area contributed by atoms with Crippen LogP contribution in [0.5, 0.6) is 17.2 Å². The maximum absolute atomic E-state index is 10.5. The third-order valence-corrected chi connectivity index (χ3v) is 6.76. The number of nitrogens with one attached hydrogen (secondary N) is 1. The van der Waals surface area contributed by atoms with Crippen LogP contribution in [0.25, 0.3) is 34.6 Å². The van der Waals surface area contributed by atoms with Gasteiger partial charge in [0.15, 0.2) is 11.5 Å². The number of hydrogen-bond donors (Lipinski definition) is 2. The number of allylic oxidation sites excluding steroid dienone is 1. The molecule has 0 saturated carbocycles. The average molecular weight is 444 g/mol. The fourth-order valence-corrected chi connectivity index (χ4v) is 5.51. The Morgan fingerprint density at radius 3 is 2.69 bits per heavy atom. The first-order valence-electron chi connectivity index (χ1n) is 10.5. The predicted octanol–water partition coefficient (Wildman–Crippen LogP) is 7.27. The molecule has 0 saturated heterocycles. The number of thiophene rings is 1. The Hall–Kier alpha value is -3.44. The number of fused-ring (bicyclic) bond motifs is 5. The van der Waals surface area contributed by atoms with Gasteiger partial charge in [-0.05, 0) is 67.6 Å². The molecular formula is C27H25NO3S. The molecule has 0 bridgehead atoms. The van der Waals surface area contributed by atoms with Crippen molar-refractivity contribution in [2.45, 2.75) is 26.3 Å². The molecule has 5 rings (SSSR count). The molecule has 2 aliphatic heterocycles. The Kier molecular flexibility index (Phi) is 4.68. The number of methoxy groups -OCH3 is 1. The van der Waals surface area contributed by atoms with Gasteiger partial charge >= 0.3 is 0 Å². The summed E-state index contributed by atoms with van der Waals surface area (Å²) in [6, 6.07) is 9.63. The van der Waals surface area contributed by atoms with Crippen LogP contribution in [0, 0.1) is 0 Å². The van der Waals surface area contributed by atoms with Crippen LogP contribution in [-0.2, 0) is 0 Å². The highest BCUT2D eigenvalue weighted by Gasteiger charge is 2.33. The summed E-state index contributed by atoms with van der Waals surface area (Å²) in [5, 5.41) is 16.1. The van der Waals surface area contributed by atoms with Gasteiger partial charge in [0.25, 0.3) is 0 Å². The summed E-state index contributed by atoms with van der Waals surface area (Å²) >= 11 is 1.65. The lowest BCUT2D eigenvalue weighted by molar-refractivity contribution is 0.371. The van der Waals surface area contributed by atoms with Crippen molar-refractivity contribution in [3.8, 4) is 28.4 Å². The molecule has 0 unspecified atom stereocenters. The van der Waals surface area contributed by atoms with Gasteiger partial charge < -0.3 is 19.9 Å². The molecule has 5 heteroatoms. The van der Waals surface area contributed by atoms with Crippen molar-refractivity contribution in [1.82, 2.24) is 0 Å². The molecule has 32 heavy (non-hydrogen) atoms. The molecule has 0 aliphatic carbocycles. The van der Waals surface area contributed by atoms with Crippen molar-refractivity contribution in [2.24, 2.45) is 0 Å². The van der Waals surface area contributed by atoms with E-state index in [9.17, 15) is 5.11 Å². The van der Waals surface area contributed by atoms with Crippen LogP contribution in [0.2, 0.25) is 0 Å². The van der Waals surface area contributed by atoms with Crippen LogP contribution < -0.4 is 14.8 Å². The highest BCUT2D eigenvalue weighted by Crippen LogP contribution is 2.54. The zero-order chi connectivity index (χ0) is 22.6. The summed E-state index contributed by atoms with van der Waals surface area (Å²) in [6.45, 7) is 10.4. The molecule has 3 heterocycles. The fraction of sp³-hybridized carbons (Fsp3) is 0.185. The summed E-state index contributed by atoms with van der Waals surface area (Å²) in [5.74, 6) is 1.92. The number of anilines is 1. The molecule has 0 amide bonds. The fourth-order valence-electron chi connectivity index (χ4n) is 4.68. The second kappa shape index (κ2) is 7.31. The van der Waals surface area contributed by atoms with Crippen molar-refractivity contribution < 1.29 is 14.6 Å². The molecule has 2 N–H and O–H groups in total. The molecule has 3 aromatic rings. The van der Waals surface area contributed by atoms with Gasteiger partial charge in [-0.25, -0.2) is 0 Å². The highest BCUT2D eigenvalue weighted by atomic mass is 32.1. The molecule has 162 valence electrons. The standard InChI is InChI=1S/C27H25NO3S/c1-6-16-11-12-32-22(16)13-21-24-17(25-20(31-21)10-9-19(29)26(25)30-5)7-8-18-23(24)15(2)14-27(3,4)28-18/h6-14,28-29H,1H2,2-5H3. The third-order valence-electron chi connectivity index (χ3n) is 5.88. The Balaban J connectivity index is 1.85. The zero-order valence-corrected chi connectivity index (χ0v) is 19.4. The van der Waals surface area contributed by atoms with E-state index in [1.807, 2.05) is 6.08 Å². The third kappa shape index (κ3) is 3.12. The molecule has 2 aliphatic rings. The topological polar surface area (TPSA) is 50.7 Å². The van der Waals surface area contributed by atoms with Gasteiger partial charge in [0.1, 0.15) is 11.5 Å². The minimum atomic E-state index is -0.150. The normalized spacial score (nSPS) is 16.8. The maximum atomic E-state index is 10.5. The summed E-state index contributed by atoms with van der Waals surface area (Å²) in [5.41, 5.74) is 6.96. The van der Waals surface area contributed by atoms with Crippen molar-refractivity contribution >= 4 is 40.5 Å². The first-order valence-corrected chi connectivity index (χ1v) is 11.4. The van der Waals surface area contributed by atoms with Crippen molar-refractivity contribution in [3.63, 3.8) is 0 Å². The van der Waals surface area contributed by atoms with E-state index in [0.717, 1.165) is 44.1 Å². The molecule has 0 fully saturated rings. The summed E-state index contributed by atoms with van der Waals surface area (Å²) < 4.78 is 12.1. The second-order valence-electron chi connectivity index (χ2n) is 8.63. The molecular weight excluding hydrogens is 418 g/mol. The van der Waals surface area contributed by atoms with Gasteiger partial charge in [0.2, 0.25) is 0 Å². The Bertz CT molecular complexity index is 1330. The second-order valence-corrected chi connectivity index (χ2v) is 9.58. The van der Waals surface area contributed by atoms with Crippen LogP contribution in [0.4, 0.5) is 5.69 Å². The van der Waals surface area contributed by atoms with E-state index < -0.39 is 0 Å². The summed E-state index contributed by atoms with van der Waals surface area (Å²) in [7, 11) is 1.57. The summed E-state index contributed by atoms with van der Waals surface area (Å²) in [4.78, 5) is 1.08. The number of rotatable bonds is 3. The van der Waals surface area contributed by atoms with Crippen molar-refractivity contribution in [2.75, 3.05) is 12.4 Å². The molecule has 0 radical (unpaired) electrons. The molecule has 4 nitrogen and oxygen atoms in total. The zero-order valence-electron chi connectivity index (χ0n) is 18.6. The van der Waals surface area contributed by atoms with E-state index in [0.29, 0.717) is 11.5 Å². The van der Waals surface area contributed by atoms with Crippen LogP contribution in [-0.4, -0.2) is 17.8 Å². The Morgan fingerprint density at radius 2 is 1.94 bits per heavy atom. The Morgan fingerprint density at radius 1 is 1.12 bits per heavy atom. The van der Waals surface area contributed by atoms with E-state index in [2.05, 4.69) is 68.4 Å². The maximum Gasteiger partial charge on any atom is 0.172 e. The smallest absolute Gasteiger partial charge is 0.172 e.